The number of methoxy groups -OCH3 is 1. The second kappa shape index (κ2) is 10.3. The zero-order chi connectivity index (χ0) is 24.4. The number of aromatic nitrogens is 2. The Bertz CT molecular complexity index is 1420. The smallest absolute Gasteiger partial charge is 0.267 e. The van der Waals surface area contributed by atoms with Crippen molar-refractivity contribution in [1.29, 1.82) is 0 Å². The van der Waals surface area contributed by atoms with Crippen LogP contribution in [0, 0.1) is 0 Å². The molecule has 0 fully saturated rings. The van der Waals surface area contributed by atoms with E-state index in [1.54, 1.807) is 47.3 Å². The van der Waals surface area contributed by atoms with Crippen LogP contribution in [0.2, 0.25) is 0 Å². The third-order valence-electron chi connectivity index (χ3n) is 6.11. The Morgan fingerprint density at radius 1 is 1.06 bits per heavy atom. The fraction of sp³-hybridized carbons (Fsp3) is 0.296. The average Bonchev–Trinajstić information content (AvgIpc) is 3.27. The number of ether oxygens (including phenoxy) is 2. The number of carbonyl (C=O) groups is 1. The molecule has 0 saturated heterocycles. The quantitative estimate of drug-likeness (QED) is 0.173. The van der Waals surface area contributed by atoms with Crippen molar-refractivity contribution >= 4 is 39.1 Å². The molecule has 1 aliphatic rings. The van der Waals surface area contributed by atoms with E-state index in [2.05, 4.69) is 0 Å². The number of ketones is 1. The molecule has 2 heterocycles. The molecule has 0 radical (unpaired) electrons. The van der Waals surface area contributed by atoms with E-state index < -0.39 is 0 Å². The molecule has 2 aromatic heterocycles. The molecule has 4 aromatic rings. The minimum absolute atomic E-state index is 0.0317. The van der Waals surface area contributed by atoms with Crippen molar-refractivity contribution in [1.82, 2.24) is 9.55 Å². The van der Waals surface area contributed by atoms with Gasteiger partial charge < -0.3 is 9.47 Å². The van der Waals surface area contributed by atoms with Gasteiger partial charge in [-0.25, -0.2) is 4.98 Å². The molecule has 0 bridgehead atoms. The van der Waals surface area contributed by atoms with E-state index in [-0.39, 0.29) is 17.1 Å². The first-order valence-corrected chi connectivity index (χ1v) is 13.5. The Morgan fingerprint density at radius 2 is 1.77 bits per heavy atom. The number of aryl methyl sites for hydroxylation is 2. The lowest BCUT2D eigenvalue weighted by Crippen LogP contribution is -2.22. The molecule has 0 amide bonds. The highest BCUT2D eigenvalue weighted by Gasteiger charge is 2.23. The van der Waals surface area contributed by atoms with Crippen LogP contribution in [0.15, 0.2) is 58.5 Å². The summed E-state index contributed by atoms with van der Waals surface area (Å²) in [6, 6.07) is 14.5. The number of nitrogens with zero attached hydrogens (tertiary/aromatic N) is 2. The Balaban J connectivity index is 1.54. The predicted octanol–water partition coefficient (Wildman–Crippen LogP) is 5.71. The van der Waals surface area contributed by atoms with Gasteiger partial charge in [0.15, 0.2) is 10.9 Å². The number of rotatable bonds is 8. The van der Waals surface area contributed by atoms with E-state index in [0.717, 1.165) is 47.2 Å². The summed E-state index contributed by atoms with van der Waals surface area (Å²) in [4.78, 5) is 33.7. The van der Waals surface area contributed by atoms with Crippen LogP contribution in [-0.4, -0.2) is 34.8 Å². The molecule has 2 aromatic carbocycles. The Morgan fingerprint density at radius 3 is 2.49 bits per heavy atom. The number of hydrogen-bond acceptors (Lipinski definition) is 7. The number of fused-ring (bicyclic) bond motifs is 3. The van der Waals surface area contributed by atoms with Crippen LogP contribution in [0.1, 0.15) is 40.6 Å². The fourth-order valence-electron chi connectivity index (χ4n) is 4.36. The van der Waals surface area contributed by atoms with Gasteiger partial charge in [-0.2, -0.15) is 0 Å². The highest BCUT2D eigenvalue weighted by molar-refractivity contribution is 7.99. The molecule has 6 nitrogen and oxygen atoms in total. The summed E-state index contributed by atoms with van der Waals surface area (Å²) in [7, 11) is 1.59. The number of hydrogen-bond donors (Lipinski definition) is 0. The summed E-state index contributed by atoms with van der Waals surface area (Å²) >= 11 is 2.91. The van der Waals surface area contributed by atoms with Gasteiger partial charge in [0.25, 0.3) is 5.56 Å². The van der Waals surface area contributed by atoms with Crippen molar-refractivity contribution in [2.24, 2.45) is 0 Å². The minimum Gasteiger partial charge on any atom is -0.497 e. The lowest BCUT2D eigenvalue weighted by atomic mass is 9.97. The van der Waals surface area contributed by atoms with Gasteiger partial charge in [-0.1, -0.05) is 11.8 Å². The van der Waals surface area contributed by atoms with Crippen LogP contribution >= 0.6 is 23.1 Å². The topological polar surface area (TPSA) is 70.4 Å². The highest BCUT2D eigenvalue weighted by Crippen LogP contribution is 2.35. The Hall–Kier alpha value is -3.10. The van der Waals surface area contributed by atoms with Crippen LogP contribution in [0.5, 0.6) is 11.5 Å². The van der Waals surface area contributed by atoms with E-state index in [4.69, 9.17) is 14.5 Å². The predicted molar refractivity (Wildman–Crippen MR) is 141 cm³/mol. The maximum Gasteiger partial charge on any atom is 0.267 e. The largest absolute Gasteiger partial charge is 0.497 e. The number of benzene rings is 2. The first-order chi connectivity index (χ1) is 17.1. The normalized spacial score (nSPS) is 13.0. The third-order valence-corrected chi connectivity index (χ3v) is 8.23. The molecule has 8 heteroatoms. The van der Waals surface area contributed by atoms with Crippen LogP contribution in [0.3, 0.4) is 0 Å². The van der Waals surface area contributed by atoms with Crippen molar-refractivity contribution in [3.63, 3.8) is 0 Å². The van der Waals surface area contributed by atoms with E-state index in [0.29, 0.717) is 28.8 Å². The van der Waals surface area contributed by atoms with Crippen LogP contribution < -0.4 is 15.0 Å². The van der Waals surface area contributed by atoms with E-state index in [9.17, 15) is 9.59 Å². The summed E-state index contributed by atoms with van der Waals surface area (Å²) in [5, 5.41) is 1.25. The SMILES string of the molecule is CCOc1ccc(-n2c(SCC(=O)c3ccc(OC)cc3)nc3sc4c(c3c2=O)CCCC4)cc1. The second-order valence-corrected chi connectivity index (χ2v) is 10.3. The summed E-state index contributed by atoms with van der Waals surface area (Å²) in [5.41, 5.74) is 2.39. The molecular weight excluding hydrogens is 480 g/mol. The highest BCUT2D eigenvalue weighted by atomic mass is 32.2. The molecule has 1 aliphatic carbocycles. The molecule has 0 spiro atoms. The van der Waals surface area contributed by atoms with Gasteiger partial charge in [0.1, 0.15) is 16.3 Å². The summed E-state index contributed by atoms with van der Waals surface area (Å²) in [5.74, 6) is 1.59. The standard InChI is InChI=1S/C27H26N2O4S2/c1-3-33-20-14-10-18(11-15-20)29-26(31)24-21-6-4-5-7-23(21)35-25(24)28-27(29)34-16-22(30)17-8-12-19(32-2)13-9-17/h8-15H,3-7,16H2,1-2H3. The first kappa shape index (κ1) is 23.6. The Labute approximate surface area is 211 Å². The summed E-state index contributed by atoms with van der Waals surface area (Å²) in [6.45, 7) is 2.51. The lowest BCUT2D eigenvalue weighted by molar-refractivity contribution is 0.102. The Kier molecular flexibility index (Phi) is 6.92. The molecule has 0 atom stereocenters. The van der Waals surface area contributed by atoms with E-state index in [1.807, 2.05) is 31.2 Å². The molecule has 0 N–H and O–H groups in total. The molecule has 0 aliphatic heterocycles. The molecule has 35 heavy (non-hydrogen) atoms. The van der Waals surface area contributed by atoms with E-state index >= 15 is 0 Å². The molecular formula is C27H26N2O4S2. The molecule has 180 valence electrons. The average molecular weight is 507 g/mol. The third kappa shape index (κ3) is 4.73. The van der Waals surface area contributed by atoms with Crippen molar-refractivity contribution in [2.45, 2.75) is 37.8 Å². The number of thioether (sulfide) groups is 1. The van der Waals surface area contributed by atoms with Crippen molar-refractivity contribution < 1.29 is 14.3 Å². The summed E-state index contributed by atoms with van der Waals surface area (Å²) < 4.78 is 12.4. The minimum atomic E-state index is -0.0713. The van der Waals surface area contributed by atoms with Crippen molar-refractivity contribution in [2.75, 3.05) is 19.5 Å². The molecule has 0 unspecified atom stereocenters. The fourth-order valence-corrected chi connectivity index (χ4v) is 6.57. The van der Waals surface area contributed by atoms with Crippen LogP contribution in [0.4, 0.5) is 0 Å². The monoisotopic (exact) mass is 506 g/mol. The zero-order valence-corrected chi connectivity index (χ0v) is 21.3. The van der Waals surface area contributed by atoms with Gasteiger partial charge in [0, 0.05) is 10.4 Å². The summed E-state index contributed by atoms with van der Waals surface area (Å²) in [6.07, 6.45) is 4.15. The first-order valence-electron chi connectivity index (χ1n) is 11.7. The molecule has 0 saturated carbocycles. The number of Topliss-reactive ketones (excluding diaryl/α,β-unsaturated/α-hetero) is 1. The van der Waals surface area contributed by atoms with Crippen molar-refractivity contribution in [3.8, 4) is 17.2 Å². The number of thiophene rings is 1. The van der Waals surface area contributed by atoms with Gasteiger partial charge in [0.2, 0.25) is 0 Å². The van der Waals surface area contributed by atoms with Crippen LogP contribution in [0.25, 0.3) is 15.9 Å². The van der Waals surface area contributed by atoms with Gasteiger partial charge in [0.05, 0.1) is 30.5 Å². The molecule has 5 rings (SSSR count). The van der Waals surface area contributed by atoms with Gasteiger partial charge in [-0.05, 0) is 86.7 Å². The zero-order valence-electron chi connectivity index (χ0n) is 19.7. The van der Waals surface area contributed by atoms with Gasteiger partial charge in [-0.15, -0.1) is 11.3 Å². The number of carbonyl (C=O) groups excluding carboxylic acids is 1. The second-order valence-electron chi connectivity index (χ2n) is 8.29. The van der Waals surface area contributed by atoms with Gasteiger partial charge in [-0.3, -0.25) is 14.2 Å². The lowest BCUT2D eigenvalue weighted by Gasteiger charge is -2.14. The van der Waals surface area contributed by atoms with Crippen LogP contribution in [-0.2, 0) is 12.8 Å². The van der Waals surface area contributed by atoms with E-state index in [1.165, 1.54) is 16.6 Å². The van der Waals surface area contributed by atoms with Crippen molar-refractivity contribution in [3.05, 3.63) is 74.9 Å². The maximum atomic E-state index is 13.9. The maximum absolute atomic E-state index is 13.9. The van der Waals surface area contributed by atoms with Gasteiger partial charge >= 0.3 is 0 Å².